The van der Waals surface area contributed by atoms with Gasteiger partial charge in [-0.15, -0.1) is 0 Å². The van der Waals surface area contributed by atoms with Gasteiger partial charge in [-0.3, -0.25) is 4.79 Å². The van der Waals surface area contributed by atoms with E-state index in [-0.39, 0.29) is 29.8 Å². The Morgan fingerprint density at radius 3 is 2.60 bits per heavy atom. The van der Waals surface area contributed by atoms with Gasteiger partial charge in [0.05, 0.1) is 28.6 Å². The number of anilines is 2. The monoisotopic (exact) mass is 578 g/mol. The standard InChI is InChI=1S/C33H31FN6O3/c1-4-31(41)40-20-5-6-21(40)14-24(13-20)42-22-7-9-26-25(15-22)33(36-17-35-26)38-27-10-12-30(19(2)32(27)34)43-23-8-11-29-28(16-23)37-18-39(29)3/h4,7-12,15-18,20-21,24H,1,5-6,13-14H2,2-3H3,(H,35,36,38)/t20-,21+,24?. The molecule has 10 heteroatoms. The van der Waals surface area contributed by atoms with E-state index in [1.165, 1.54) is 12.4 Å². The SMILES string of the molecule is C=CC(=O)N1[C@@H]2CC[C@H]1CC(Oc1ccc3ncnc(Nc4ccc(Oc5ccc6c(c5)ncn6C)c(C)c4F)c3c1)C2. The van der Waals surface area contributed by atoms with E-state index in [2.05, 4.69) is 26.8 Å². The van der Waals surface area contributed by atoms with Gasteiger partial charge in [0.1, 0.15) is 35.5 Å². The molecule has 1 N–H and O–H groups in total. The molecule has 2 aromatic heterocycles. The highest BCUT2D eigenvalue weighted by Gasteiger charge is 2.43. The Balaban J connectivity index is 1.10. The van der Waals surface area contributed by atoms with Gasteiger partial charge in [-0.25, -0.2) is 19.3 Å². The summed E-state index contributed by atoms with van der Waals surface area (Å²) in [7, 11) is 1.93. The number of aryl methyl sites for hydroxylation is 1. The summed E-state index contributed by atoms with van der Waals surface area (Å²) >= 11 is 0. The Bertz CT molecular complexity index is 1870. The molecular formula is C33H31FN6O3. The number of aromatic nitrogens is 4. The highest BCUT2D eigenvalue weighted by atomic mass is 19.1. The van der Waals surface area contributed by atoms with Gasteiger partial charge in [0.2, 0.25) is 5.91 Å². The van der Waals surface area contributed by atoms with Gasteiger partial charge in [0.15, 0.2) is 5.82 Å². The first-order chi connectivity index (χ1) is 20.9. The van der Waals surface area contributed by atoms with Crippen LogP contribution in [0.2, 0.25) is 0 Å². The first-order valence-corrected chi connectivity index (χ1v) is 14.4. The molecule has 2 aliphatic rings. The number of piperidine rings is 1. The molecule has 7 rings (SSSR count). The summed E-state index contributed by atoms with van der Waals surface area (Å²) < 4.78 is 30.0. The zero-order chi connectivity index (χ0) is 29.7. The number of imidazole rings is 1. The van der Waals surface area contributed by atoms with Crippen LogP contribution >= 0.6 is 0 Å². The van der Waals surface area contributed by atoms with Crippen molar-refractivity contribution in [2.45, 2.75) is 50.8 Å². The van der Waals surface area contributed by atoms with Gasteiger partial charge >= 0.3 is 0 Å². The predicted octanol–water partition coefficient (Wildman–Crippen LogP) is 6.59. The quantitative estimate of drug-likeness (QED) is 0.218. The van der Waals surface area contributed by atoms with E-state index < -0.39 is 5.82 Å². The van der Waals surface area contributed by atoms with Crippen LogP contribution in [0.15, 0.2) is 73.8 Å². The second-order valence-electron chi connectivity index (χ2n) is 11.2. The number of benzene rings is 3. The maximum absolute atomic E-state index is 15.6. The van der Waals surface area contributed by atoms with Crippen molar-refractivity contribution >= 4 is 39.3 Å². The van der Waals surface area contributed by atoms with Crippen LogP contribution in [0.25, 0.3) is 21.9 Å². The molecule has 5 aromatic rings. The van der Waals surface area contributed by atoms with Crippen LogP contribution in [0.3, 0.4) is 0 Å². The highest BCUT2D eigenvalue weighted by Crippen LogP contribution is 2.39. The minimum atomic E-state index is -0.438. The maximum atomic E-state index is 15.6. The fourth-order valence-corrected chi connectivity index (χ4v) is 6.40. The highest BCUT2D eigenvalue weighted by molar-refractivity contribution is 5.92. The third-order valence-corrected chi connectivity index (χ3v) is 8.54. The van der Waals surface area contributed by atoms with E-state index >= 15 is 4.39 Å². The Labute approximate surface area is 248 Å². The van der Waals surface area contributed by atoms with E-state index in [1.54, 1.807) is 25.4 Å². The fraction of sp³-hybridized carbons (Fsp3) is 0.273. The normalized spacial score (nSPS) is 19.5. The van der Waals surface area contributed by atoms with Gasteiger partial charge in [-0.2, -0.15) is 0 Å². The number of carbonyl (C=O) groups is 1. The molecule has 4 heterocycles. The molecule has 0 aliphatic carbocycles. The topological polar surface area (TPSA) is 94.4 Å². The molecule has 3 aromatic carbocycles. The van der Waals surface area contributed by atoms with Crippen LogP contribution in [0.5, 0.6) is 17.2 Å². The minimum Gasteiger partial charge on any atom is -0.490 e. The third kappa shape index (κ3) is 4.92. The lowest BCUT2D eigenvalue weighted by atomic mass is 9.99. The molecule has 2 saturated heterocycles. The number of halogens is 1. The molecule has 0 saturated carbocycles. The average molecular weight is 579 g/mol. The van der Waals surface area contributed by atoms with E-state index in [0.29, 0.717) is 39.5 Å². The fourth-order valence-electron chi connectivity index (χ4n) is 6.40. The Morgan fingerprint density at radius 1 is 1.02 bits per heavy atom. The summed E-state index contributed by atoms with van der Waals surface area (Å²) in [6.07, 6.45) is 8.11. The summed E-state index contributed by atoms with van der Waals surface area (Å²) in [5.41, 5.74) is 3.13. The molecular weight excluding hydrogens is 547 g/mol. The van der Waals surface area contributed by atoms with Crippen LogP contribution in [0, 0.1) is 12.7 Å². The van der Waals surface area contributed by atoms with Gasteiger partial charge in [-0.05, 0) is 68.3 Å². The Morgan fingerprint density at radius 2 is 1.81 bits per heavy atom. The van der Waals surface area contributed by atoms with Gasteiger partial charge in [0.25, 0.3) is 0 Å². The summed E-state index contributed by atoms with van der Waals surface area (Å²) in [6, 6.07) is 15.0. The van der Waals surface area contributed by atoms with Gasteiger partial charge in [-0.1, -0.05) is 6.58 Å². The van der Waals surface area contributed by atoms with Crippen molar-refractivity contribution in [1.29, 1.82) is 0 Å². The molecule has 2 bridgehead atoms. The molecule has 2 aliphatic heterocycles. The lowest BCUT2D eigenvalue weighted by Crippen LogP contribution is -2.48. The first kappa shape index (κ1) is 26.9. The zero-order valence-electron chi connectivity index (χ0n) is 24.0. The summed E-state index contributed by atoms with van der Waals surface area (Å²) in [6.45, 7) is 5.34. The van der Waals surface area contributed by atoms with E-state index in [4.69, 9.17) is 9.47 Å². The second-order valence-corrected chi connectivity index (χ2v) is 11.2. The number of nitrogens with zero attached hydrogens (tertiary/aromatic N) is 5. The summed E-state index contributed by atoms with van der Waals surface area (Å²) in [5, 5.41) is 3.86. The van der Waals surface area contributed by atoms with E-state index in [9.17, 15) is 4.79 Å². The number of carbonyl (C=O) groups excluding carboxylic acids is 1. The first-order valence-electron chi connectivity index (χ1n) is 14.4. The number of rotatable bonds is 7. The van der Waals surface area contributed by atoms with Crippen LogP contribution in [-0.2, 0) is 11.8 Å². The molecule has 0 spiro atoms. The average Bonchev–Trinajstić information content (AvgIpc) is 3.52. The number of hydrogen-bond donors (Lipinski definition) is 1. The number of nitrogens with one attached hydrogen (secondary N) is 1. The number of hydrogen-bond acceptors (Lipinski definition) is 7. The molecule has 1 unspecified atom stereocenters. The lowest BCUT2D eigenvalue weighted by molar-refractivity contribution is -0.131. The van der Waals surface area contributed by atoms with Crippen LogP contribution in [0.1, 0.15) is 31.2 Å². The third-order valence-electron chi connectivity index (χ3n) is 8.54. The minimum absolute atomic E-state index is 0.00225. The van der Waals surface area contributed by atoms with E-state index in [0.717, 1.165) is 36.7 Å². The van der Waals surface area contributed by atoms with Crippen LogP contribution in [0.4, 0.5) is 15.9 Å². The number of fused-ring (bicyclic) bond motifs is 4. The van der Waals surface area contributed by atoms with Crippen LogP contribution in [-0.4, -0.2) is 48.5 Å². The molecule has 3 atom stereocenters. The molecule has 9 nitrogen and oxygen atoms in total. The summed E-state index contributed by atoms with van der Waals surface area (Å²) in [4.78, 5) is 27.5. The molecule has 0 radical (unpaired) electrons. The predicted molar refractivity (Wildman–Crippen MR) is 162 cm³/mol. The van der Waals surface area contributed by atoms with Crippen molar-refractivity contribution in [2.75, 3.05) is 5.32 Å². The molecule has 2 fully saturated rings. The maximum Gasteiger partial charge on any atom is 0.246 e. The van der Waals surface area contributed by atoms with Crippen molar-refractivity contribution in [3.63, 3.8) is 0 Å². The van der Waals surface area contributed by atoms with Crippen molar-refractivity contribution in [1.82, 2.24) is 24.4 Å². The second kappa shape index (κ2) is 10.7. The summed E-state index contributed by atoms with van der Waals surface area (Å²) in [5.74, 6) is 1.70. The van der Waals surface area contributed by atoms with Crippen LogP contribution < -0.4 is 14.8 Å². The van der Waals surface area contributed by atoms with Gasteiger partial charge < -0.3 is 24.3 Å². The lowest BCUT2D eigenvalue weighted by Gasteiger charge is -2.38. The largest absolute Gasteiger partial charge is 0.490 e. The van der Waals surface area contributed by atoms with E-state index in [1.807, 2.05) is 52.9 Å². The molecule has 1 amide bonds. The Hall–Kier alpha value is -4.99. The molecule has 43 heavy (non-hydrogen) atoms. The Kier molecular flexibility index (Phi) is 6.68. The smallest absolute Gasteiger partial charge is 0.246 e. The van der Waals surface area contributed by atoms with Crippen molar-refractivity contribution in [3.8, 4) is 17.2 Å². The number of amides is 1. The number of ether oxygens (including phenoxy) is 2. The molecule has 218 valence electrons. The zero-order valence-corrected chi connectivity index (χ0v) is 24.0. The van der Waals surface area contributed by atoms with Crippen molar-refractivity contribution < 1.29 is 18.7 Å². The van der Waals surface area contributed by atoms with Gasteiger partial charge in [0, 0.05) is 49.0 Å². The van der Waals surface area contributed by atoms with Crippen molar-refractivity contribution in [2.24, 2.45) is 7.05 Å². The van der Waals surface area contributed by atoms with Crippen molar-refractivity contribution in [3.05, 3.63) is 85.2 Å².